The Balaban J connectivity index is 1.30. The molecule has 144 valence electrons. The predicted molar refractivity (Wildman–Crippen MR) is 105 cm³/mol. The number of rotatable bonds is 6. The van der Waals surface area contributed by atoms with Gasteiger partial charge in [0.1, 0.15) is 5.76 Å². The molecule has 1 aliphatic heterocycles. The highest BCUT2D eigenvalue weighted by atomic mass is 16.3. The molecule has 0 radical (unpaired) electrons. The molecule has 0 bridgehead atoms. The molecule has 2 saturated carbocycles. The van der Waals surface area contributed by atoms with Crippen molar-refractivity contribution in [1.82, 2.24) is 15.5 Å². The second-order valence-corrected chi connectivity index (χ2v) is 8.22. The van der Waals surface area contributed by atoms with Crippen LogP contribution in [0.1, 0.15) is 63.5 Å². The van der Waals surface area contributed by atoms with E-state index in [1.54, 1.807) is 6.26 Å². The van der Waals surface area contributed by atoms with Crippen molar-refractivity contribution in [2.75, 3.05) is 19.6 Å². The van der Waals surface area contributed by atoms with Gasteiger partial charge >= 0.3 is 0 Å². The molecule has 26 heavy (non-hydrogen) atoms. The van der Waals surface area contributed by atoms with E-state index < -0.39 is 0 Å². The summed E-state index contributed by atoms with van der Waals surface area (Å²) >= 11 is 0. The standard InChI is InChI=1S/C21H34N4O/c1-2-5-17(6-3-1)23-21(22-13-10-20-7-4-16-26-20)24-18-11-14-25(15-12-18)19-8-9-19/h4,7,16-19H,1-3,5-6,8-15H2,(H2,22,23,24). The number of nitrogens with one attached hydrogen (secondary N) is 2. The predicted octanol–water partition coefficient (Wildman–Crippen LogP) is 3.32. The molecule has 3 aliphatic rings. The van der Waals surface area contributed by atoms with Crippen molar-refractivity contribution in [2.45, 2.75) is 82.3 Å². The smallest absolute Gasteiger partial charge is 0.191 e. The second kappa shape index (κ2) is 8.94. The lowest BCUT2D eigenvalue weighted by atomic mass is 9.95. The van der Waals surface area contributed by atoms with Crippen LogP contribution in [0.2, 0.25) is 0 Å². The molecule has 2 heterocycles. The number of likely N-dealkylation sites (tertiary alicyclic amines) is 1. The minimum atomic E-state index is 0.559. The van der Waals surface area contributed by atoms with Crippen molar-refractivity contribution in [3.8, 4) is 0 Å². The normalized spacial score (nSPS) is 23.9. The molecule has 1 aromatic rings. The summed E-state index contributed by atoms with van der Waals surface area (Å²) in [6.07, 6.45) is 14.5. The third-order valence-electron chi connectivity index (χ3n) is 6.09. The van der Waals surface area contributed by atoms with Crippen molar-refractivity contribution < 1.29 is 4.42 Å². The van der Waals surface area contributed by atoms with Gasteiger partial charge in [0.15, 0.2) is 5.96 Å². The van der Waals surface area contributed by atoms with Crippen LogP contribution in [0, 0.1) is 0 Å². The molecular weight excluding hydrogens is 324 g/mol. The highest BCUT2D eigenvalue weighted by Crippen LogP contribution is 2.29. The highest BCUT2D eigenvalue weighted by Gasteiger charge is 2.32. The SMILES string of the molecule is c1coc(CCN=C(NC2CCCCC2)NC2CCN(C3CC3)CC2)c1. The zero-order valence-corrected chi connectivity index (χ0v) is 16.0. The van der Waals surface area contributed by atoms with Crippen LogP contribution in [0.3, 0.4) is 0 Å². The molecule has 4 rings (SSSR count). The van der Waals surface area contributed by atoms with Gasteiger partial charge in [-0.05, 0) is 50.7 Å². The van der Waals surface area contributed by atoms with Crippen LogP contribution < -0.4 is 10.6 Å². The van der Waals surface area contributed by atoms with E-state index in [4.69, 9.17) is 9.41 Å². The topological polar surface area (TPSA) is 52.8 Å². The summed E-state index contributed by atoms with van der Waals surface area (Å²) < 4.78 is 5.44. The van der Waals surface area contributed by atoms with Gasteiger partial charge in [0.25, 0.3) is 0 Å². The Bertz CT molecular complexity index is 553. The average Bonchev–Trinajstić information content (AvgIpc) is 3.39. The Labute approximate surface area is 157 Å². The monoisotopic (exact) mass is 358 g/mol. The van der Waals surface area contributed by atoms with Gasteiger partial charge in [0, 0.05) is 44.2 Å². The molecule has 5 nitrogen and oxygen atoms in total. The van der Waals surface area contributed by atoms with Crippen LogP contribution in [0.5, 0.6) is 0 Å². The van der Waals surface area contributed by atoms with E-state index in [0.29, 0.717) is 12.1 Å². The number of guanidine groups is 1. The number of hydrogen-bond acceptors (Lipinski definition) is 3. The number of hydrogen-bond donors (Lipinski definition) is 2. The molecule has 5 heteroatoms. The van der Waals surface area contributed by atoms with Crippen molar-refractivity contribution in [2.24, 2.45) is 4.99 Å². The first-order valence-electron chi connectivity index (χ1n) is 10.7. The van der Waals surface area contributed by atoms with Gasteiger partial charge in [0.2, 0.25) is 0 Å². The van der Waals surface area contributed by atoms with Gasteiger partial charge in [-0.1, -0.05) is 19.3 Å². The van der Waals surface area contributed by atoms with Crippen LogP contribution in [0.25, 0.3) is 0 Å². The van der Waals surface area contributed by atoms with Crippen LogP contribution in [0.15, 0.2) is 27.8 Å². The molecule has 2 N–H and O–H groups in total. The van der Waals surface area contributed by atoms with Gasteiger partial charge in [0.05, 0.1) is 6.26 Å². The summed E-state index contributed by atoms with van der Waals surface area (Å²) in [5.41, 5.74) is 0. The summed E-state index contributed by atoms with van der Waals surface area (Å²) in [5.74, 6) is 2.04. The van der Waals surface area contributed by atoms with Gasteiger partial charge in [-0.15, -0.1) is 0 Å². The van der Waals surface area contributed by atoms with E-state index in [-0.39, 0.29) is 0 Å². The van der Waals surface area contributed by atoms with Gasteiger partial charge in [-0.2, -0.15) is 0 Å². The lowest BCUT2D eigenvalue weighted by Crippen LogP contribution is -2.51. The Kier molecular flexibility index (Phi) is 6.15. The number of aliphatic imine (C=N–C) groups is 1. The number of piperidine rings is 1. The first-order chi connectivity index (χ1) is 12.9. The molecule has 1 aromatic heterocycles. The minimum absolute atomic E-state index is 0.559. The van der Waals surface area contributed by atoms with E-state index in [1.165, 1.54) is 70.9 Å². The van der Waals surface area contributed by atoms with Crippen LogP contribution in [-0.2, 0) is 6.42 Å². The van der Waals surface area contributed by atoms with E-state index >= 15 is 0 Å². The van der Waals surface area contributed by atoms with E-state index in [9.17, 15) is 0 Å². The largest absolute Gasteiger partial charge is 0.469 e. The molecule has 1 saturated heterocycles. The van der Waals surface area contributed by atoms with Crippen LogP contribution in [-0.4, -0.2) is 48.6 Å². The van der Waals surface area contributed by atoms with Crippen molar-refractivity contribution in [3.05, 3.63) is 24.2 Å². The first-order valence-corrected chi connectivity index (χ1v) is 10.7. The second-order valence-electron chi connectivity index (χ2n) is 8.22. The van der Waals surface area contributed by atoms with Gasteiger partial charge in [-0.3, -0.25) is 4.99 Å². The maximum Gasteiger partial charge on any atom is 0.191 e. The highest BCUT2D eigenvalue weighted by molar-refractivity contribution is 5.80. The fourth-order valence-electron chi connectivity index (χ4n) is 4.35. The summed E-state index contributed by atoms with van der Waals surface area (Å²) in [5, 5.41) is 7.47. The lowest BCUT2D eigenvalue weighted by molar-refractivity contribution is 0.197. The van der Waals surface area contributed by atoms with Crippen molar-refractivity contribution in [3.63, 3.8) is 0 Å². The molecular formula is C21H34N4O. The third kappa shape index (κ3) is 5.26. The first kappa shape index (κ1) is 17.9. The van der Waals surface area contributed by atoms with Crippen LogP contribution >= 0.6 is 0 Å². The fraction of sp³-hybridized carbons (Fsp3) is 0.762. The molecule has 0 unspecified atom stereocenters. The zero-order chi connectivity index (χ0) is 17.6. The van der Waals surface area contributed by atoms with E-state index in [2.05, 4.69) is 15.5 Å². The van der Waals surface area contributed by atoms with E-state index in [0.717, 1.165) is 30.7 Å². The maximum absolute atomic E-state index is 5.44. The van der Waals surface area contributed by atoms with Crippen molar-refractivity contribution >= 4 is 5.96 Å². The van der Waals surface area contributed by atoms with Gasteiger partial charge < -0.3 is 20.0 Å². The quantitative estimate of drug-likeness (QED) is 0.605. The molecule has 0 amide bonds. The average molecular weight is 359 g/mol. The summed E-state index contributed by atoms with van der Waals surface area (Å²) in [6, 6.07) is 6.03. The van der Waals surface area contributed by atoms with Crippen LogP contribution in [0.4, 0.5) is 0 Å². The molecule has 0 atom stereocenters. The minimum Gasteiger partial charge on any atom is -0.469 e. The molecule has 0 aromatic carbocycles. The van der Waals surface area contributed by atoms with Gasteiger partial charge in [-0.25, -0.2) is 0 Å². The number of furan rings is 1. The zero-order valence-electron chi connectivity index (χ0n) is 16.0. The molecule has 3 fully saturated rings. The van der Waals surface area contributed by atoms with Crippen molar-refractivity contribution in [1.29, 1.82) is 0 Å². The Morgan fingerprint density at radius 2 is 1.73 bits per heavy atom. The fourth-order valence-corrected chi connectivity index (χ4v) is 4.35. The third-order valence-corrected chi connectivity index (χ3v) is 6.09. The Morgan fingerprint density at radius 1 is 1.00 bits per heavy atom. The Hall–Kier alpha value is -1.49. The lowest BCUT2D eigenvalue weighted by Gasteiger charge is -2.34. The summed E-state index contributed by atoms with van der Waals surface area (Å²) in [4.78, 5) is 7.56. The maximum atomic E-state index is 5.44. The van der Waals surface area contributed by atoms with E-state index in [1.807, 2.05) is 12.1 Å². The Morgan fingerprint density at radius 3 is 2.38 bits per heavy atom. The summed E-state index contributed by atoms with van der Waals surface area (Å²) in [7, 11) is 0. The summed E-state index contributed by atoms with van der Waals surface area (Å²) in [6.45, 7) is 3.26. The number of nitrogens with zero attached hydrogens (tertiary/aromatic N) is 2. The molecule has 0 spiro atoms. The molecule has 2 aliphatic carbocycles.